The van der Waals surface area contributed by atoms with Gasteiger partial charge in [-0.3, -0.25) is 4.79 Å². The number of halogens is 1. The summed E-state index contributed by atoms with van der Waals surface area (Å²) in [7, 11) is 0. The van der Waals surface area contributed by atoms with Crippen LogP contribution in [0.1, 0.15) is 22.7 Å². The Balaban J connectivity index is 1.96. The van der Waals surface area contributed by atoms with E-state index in [0.717, 1.165) is 22.4 Å². The largest absolute Gasteiger partial charge is 0.370 e. The molecule has 2 aromatic rings. The molecule has 20 heavy (non-hydrogen) atoms. The molecule has 0 aromatic heterocycles. The van der Waals surface area contributed by atoms with Crippen molar-refractivity contribution >= 4 is 17.3 Å². The maximum atomic E-state index is 13.2. The summed E-state index contributed by atoms with van der Waals surface area (Å²) in [6.07, 6.45) is 0. The van der Waals surface area contributed by atoms with Crippen molar-refractivity contribution < 1.29 is 9.18 Å². The van der Waals surface area contributed by atoms with Gasteiger partial charge in [0.15, 0.2) is 0 Å². The molecule has 2 N–H and O–H groups in total. The van der Waals surface area contributed by atoms with E-state index < -0.39 is 6.04 Å². The van der Waals surface area contributed by atoms with Crippen LogP contribution in [0.15, 0.2) is 36.4 Å². The van der Waals surface area contributed by atoms with Gasteiger partial charge in [0, 0.05) is 16.9 Å². The van der Waals surface area contributed by atoms with Crippen LogP contribution in [0.5, 0.6) is 0 Å². The maximum absolute atomic E-state index is 13.2. The predicted octanol–water partition coefficient (Wildman–Crippen LogP) is 3.55. The Bertz CT molecular complexity index is 697. The van der Waals surface area contributed by atoms with Crippen LogP contribution in [0.2, 0.25) is 0 Å². The SMILES string of the molecule is Cc1cccc(NC2C(=O)Nc3cc(F)ccc32)c1C. The molecule has 4 heteroatoms. The molecule has 1 atom stereocenters. The molecule has 3 nitrogen and oxygen atoms in total. The molecule has 3 rings (SSSR count). The number of hydrogen-bond donors (Lipinski definition) is 2. The normalized spacial score (nSPS) is 16.8. The van der Waals surface area contributed by atoms with Crippen LogP contribution in [0.4, 0.5) is 15.8 Å². The number of anilines is 2. The van der Waals surface area contributed by atoms with Crippen LogP contribution < -0.4 is 10.6 Å². The first kappa shape index (κ1) is 12.7. The van der Waals surface area contributed by atoms with Gasteiger partial charge in [-0.1, -0.05) is 18.2 Å². The smallest absolute Gasteiger partial charge is 0.251 e. The lowest BCUT2D eigenvalue weighted by Crippen LogP contribution is -2.20. The summed E-state index contributed by atoms with van der Waals surface area (Å²) in [5.41, 5.74) is 4.50. The number of amides is 1. The molecule has 0 spiro atoms. The average molecular weight is 270 g/mol. The molecule has 102 valence electrons. The van der Waals surface area contributed by atoms with Gasteiger partial charge in [0.1, 0.15) is 11.9 Å². The molecule has 0 bridgehead atoms. The molecule has 0 saturated carbocycles. The fourth-order valence-corrected chi connectivity index (χ4v) is 2.44. The Morgan fingerprint density at radius 2 is 2.00 bits per heavy atom. The highest BCUT2D eigenvalue weighted by Gasteiger charge is 2.30. The number of benzene rings is 2. The Morgan fingerprint density at radius 3 is 2.80 bits per heavy atom. The number of nitrogens with one attached hydrogen (secondary N) is 2. The number of aryl methyl sites for hydroxylation is 1. The lowest BCUT2D eigenvalue weighted by molar-refractivity contribution is -0.116. The fraction of sp³-hybridized carbons (Fsp3) is 0.188. The molecule has 0 radical (unpaired) electrons. The van der Waals surface area contributed by atoms with E-state index in [1.54, 1.807) is 6.07 Å². The maximum Gasteiger partial charge on any atom is 0.251 e. The zero-order chi connectivity index (χ0) is 14.3. The van der Waals surface area contributed by atoms with Gasteiger partial charge in [-0.05, 0) is 43.2 Å². The molecule has 0 aliphatic carbocycles. The van der Waals surface area contributed by atoms with Crippen molar-refractivity contribution in [3.63, 3.8) is 0 Å². The van der Waals surface area contributed by atoms with Crippen LogP contribution in [-0.4, -0.2) is 5.91 Å². The third-order valence-electron chi connectivity index (χ3n) is 3.75. The Labute approximate surface area is 116 Å². The summed E-state index contributed by atoms with van der Waals surface area (Å²) in [5, 5.41) is 5.94. The van der Waals surface area contributed by atoms with E-state index in [1.807, 2.05) is 32.0 Å². The molecule has 1 heterocycles. The molecule has 1 unspecified atom stereocenters. The van der Waals surface area contributed by atoms with E-state index in [9.17, 15) is 9.18 Å². The average Bonchev–Trinajstić information content (AvgIpc) is 2.70. The first-order chi connectivity index (χ1) is 9.56. The van der Waals surface area contributed by atoms with Gasteiger partial charge in [0.05, 0.1) is 0 Å². The van der Waals surface area contributed by atoms with E-state index in [-0.39, 0.29) is 11.7 Å². The molecule has 1 aliphatic heterocycles. The minimum Gasteiger partial charge on any atom is -0.370 e. The van der Waals surface area contributed by atoms with E-state index in [4.69, 9.17) is 0 Å². The summed E-state index contributed by atoms with van der Waals surface area (Å²) < 4.78 is 13.2. The minimum absolute atomic E-state index is 0.161. The van der Waals surface area contributed by atoms with Crippen molar-refractivity contribution in [2.45, 2.75) is 19.9 Å². The van der Waals surface area contributed by atoms with Crippen molar-refractivity contribution in [3.05, 3.63) is 58.9 Å². The number of hydrogen-bond acceptors (Lipinski definition) is 2. The van der Waals surface area contributed by atoms with Gasteiger partial charge in [-0.15, -0.1) is 0 Å². The number of rotatable bonds is 2. The fourth-order valence-electron chi connectivity index (χ4n) is 2.44. The van der Waals surface area contributed by atoms with Gasteiger partial charge >= 0.3 is 0 Å². The van der Waals surface area contributed by atoms with Crippen LogP contribution in [0, 0.1) is 19.7 Å². The summed E-state index contributed by atoms with van der Waals surface area (Å²) in [6.45, 7) is 4.04. The van der Waals surface area contributed by atoms with Crippen molar-refractivity contribution in [2.75, 3.05) is 10.6 Å². The van der Waals surface area contributed by atoms with E-state index >= 15 is 0 Å². The van der Waals surface area contributed by atoms with Crippen molar-refractivity contribution in [3.8, 4) is 0 Å². The van der Waals surface area contributed by atoms with E-state index in [2.05, 4.69) is 10.6 Å². The Morgan fingerprint density at radius 1 is 1.20 bits per heavy atom. The molecular weight excluding hydrogens is 255 g/mol. The van der Waals surface area contributed by atoms with Crippen LogP contribution in [0.25, 0.3) is 0 Å². The molecule has 1 amide bonds. The summed E-state index contributed by atoms with van der Waals surface area (Å²) >= 11 is 0. The molecular formula is C16H15FN2O. The van der Waals surface area contributed by atoms with Crippen LogP contribution in [-0.2, 0) is 4.79 Å². The van der Waals surface area contributed by atoms with Crippen LogP contribution in [0.3, 0.4) is 0 Å². The highest BCUT2D eigenvalue weighted by atomic mass is 19.1. The Hall–Kier alpha value is -2.36. The zero-order valence-electron chi connectivity index (χ0n) is 11.3. The lowest BCUT2D eigenvalue weighted by Gasteiger charge is -2.16. The summed E-state index contributed by atoms with van der Waals surface area (Å²) in [4.78, 5) is 12.0. The number of fused-ring (bicyclic) bond motifs is 1. The number of carbonyl (C=O) groups is 1. The predicted molar refractivity (Wildman–Crippen MR) is 77.3 cm³/mol. The van der Waals surface area contributed by atoms with Gasteiger partial charge in [-0.2, -0.15) is 0 Å². The monoisotopic (exact) mass is 270 g/mol. The van der Waals surface area contributed by atoms with E-state index in [0.29, 0.717) is 5.69 Å². The third kappa shape index (κ3) is 2.03. The highest BCUT2D eigenvalue weighted by Crippen LogP contribution is 2.34. The highest BCUT2D eigenvalue weighted by molar-refractivity contribution is 6.04. The second-order valence-corrected chi connectivity index (χ2v) is 5.05. The zero-order valence-corrected chi connectivity index (χ0v) is 11.3. The second-order valence-electron chi connectivity index (χ2n) is 5.05. The lowest BCUT2D eigenvalue weighted by atomic mass is 10.0. The summed E-state index contributed by atoms with van der Waals surface area (Å²) in [5.74, 6) is -0.511. The van der Waals surface area contributed by atoms with Crippen molar-refractivity contribution in [1.29, 1.82) is 0 Å². The topological polar surface area (TPSA) is 41.1 Å². The molecule has 1 aliphatic rings. The number of carbonyl (C=O) groups excluding carboxylic acids is 1. The standard InChI is InChI=1S/C16H15FN2O/c1-9-4-3-5-13(10(9)2)18-15-12-7-6-11(17)8-14(12)19-16(15)20/h3-8,15,18H,1-2H3,(H,19,20). The molecule has 0 saturated heterocycles. The van der Waals surface area contributed by atoms with Crippen LogP contribution >= 0.6 is 0 Å². The van der Waals surface area contributed by atoms with E-state index in [1.165, 1.54) is 12.1 Å². The minimum atomic E-state index is -0.480. The summed E-state index contributed by atoms with van der Waals surface area (Å²) in [6, 6.07) is 9.80. The third-order valence-corrected chi connectivity index (χ3v) is 3.75. The van der Waals surface area contributed by atoms with Gasteiger partial charge in [-0.25, -0.2) is 4.39 Å². The van der Waals surface area contributed by atoms with Crippen molar-refractivity contribution in [2.24, 2.45) is 0 Å². The quantitative estimate of drug-likeness (QED) is 0.876. The Kier molecular flexibility index (Phi) is 2.93. The first-order valence-electron chi connectivity index (χ1n) is 6.49. The molecule has 2 aromatic carbocycles. The second kappa shape index (κ2) is 4.63. The van der Waals surface area contributed by atoms with Gasteiger partial charge < -0.3 is 10.6 Å². The van der Waals surface area contributed by atoms with Crippen molar-refractivity contribution in [1.82, 2.24) is 0 Å². The van der Waals surface area contributed by atoms with Gasteiger partial charge in [0.25, 0.3) is 5.91 Å². The molecule has 0 fully saturated rings. The first-order valence-corrected chi connectivity index (χ1v) is 6.49. The van der Waals surface area contributed by atoms with Gasteiger partial charge in [0.2, 0.25) is 0 Å².